The third kappa shape index (κ3) is 2.48. The fraction of sp³-hybridized carbons (Fsp3) is 0.471. The molecule has 0 atom stereocenters. The lowest BCUT2D eigenvalue weighted by atomic mass is 10.1. The van der Waals surface area contributed by atoms with Gasteiger partial charge in [-0.05, 0) is 24.3 Å². The molecule has 0 saturated heterocycles. The second-order valence-electron chi connectivity index (χ2n) is 6.65. The lowest BCUT2D eigenvalue weighted by Crippen LogP contribution is -2.30. The number of rotatable bonds is 4. The van der Waals surface area contributed by atoms with Crippen molar-refractivity contribution in [2.45, 2.75) is 38.3 Å². The number of thiophene rings is 1. The molecule has 4 heterocycles. The molecule has 0 radical (unpaired) electrons. The van der Waals surface area contributed by atoms with Crippen LogP contribution in [0.4, 0.5) is 0 Å². The second kappa shape index (κ2) is 5.53. The molecule has 0 amide bonds. The van der Waals surface area contributed by atoms with Crippen molar-refractivity contribution in [3.05, 3.63) is 40.6 Å². The summed E-state index contributed by atoms with van der Waals surface area (Å²) in [5, 5.41) is 6.12. The topological polar surface area (TPSA) is 60.0 Å². The van der Waals surface area contributed by atoms with E-state index in [9.17, 15) is 0 Å². The van der Waals surface area contributed by atoms with E-state index in [0.717, 1.165) is 24.4 Å². The minimum absolute atomic E-state index is 0.681. The van der Waals surface area contributed by atoms with Gasteiger partial charge in [0, 0.05) is 38.2 Å². The van der Waals surface area contributed by atoms with Gasteiger partial charge in [0.25, 0.3) is 0 Å². The first-order chi connectivity index (χ1) is 11.8. The number of aromatic nitrogens is 4. The predicted molar refractivity (Wildman–Crippen MR) is 90.6 cm³/mol. The Bertz CT molecular complexity index is 862. The third-order valence-electron chi connectivity index (χ3n) is 4.88. The zero-order valence-electron chi connectivity index (χ0n) is 13.6. The molecule has 6 nitrogen and oxygen atoms in total. The number of hydrogen-bond donors (Lipinski definition) is 0. The van der Waals surface area contributed by atoms with Crippen molar-refractivity contribution in [3.8, 4) is 10.7 Å². The minimum Gasteiger partial charge on any atom is -0.338 e. The van der Waals surface area contributed by atoms with E-state index in [4.69, 9.17) is 9.51 Å². The van der Waals surface area contributed by atoms with Crippen LogP contribution in [0.3, 0.4) is 0 Å². The molecule has 1 fully saturated rings. The van der Waals surface area contributed by atoms with Gasteiger partial charge in [0.2, 0.25) is 11.7 Å². The van der Waals surface area contributed by atoms with E-state index in [-0.39, 0.29) is 0 Å². The van der Waals surface area contributed by atoms with Gasteiger partial charge >= 0.3 is 0 Å². The normalized spacial score (nSPS) is 18.0. The molecule has 3 aromatic rings. The van der Waals surface area contributed by atoms with E-state index >= 15 is 0 Å². The summed E-state index contributed by atoms with van der Waals surface area (Å²) >= 11 is 1.63. The van der Waals surface area contributed by atoms with Crippen molar-refractivity contribution >= 4 is 11.3 Å². The Hall–Kier alpha value is -1.99. The molecule has 7 heteroatoms. The summed E-state index contributed by atoms with van der Waals surface area (Å²) in [6, 6.07) is 4.01. The first-order valence-corrected chi connectivity index (χ1v) is 9.29. The molecule has 0 N–H and O–H groups in total. The minimum atomic E-state index is 0.681. The van der Waals surface area contributed by atoms with Crippen LogP contribution in [0.1, 0.15) is 41.9 Å². The lowest BCUT2D eigenvalue weighted by Gasteiger charge is -2.24. The second-order valence-corrected chi connectivity index (χ2v) is 7.59. The van der Waals surface area contributed by atoms with E-state index in [2.05, 4.69) is 26.7 Å². The molecule has 0 spiro atoms. The highest BCUT2D eigenvalue weighted by molar-refractivity contribution is 7.13. The highest BCUT2D eigenvalue weighted by Gasteiger charge is 2.32. The van der Waals surface area contributed by atoms with Gasteiger partial charge in [0.15, 0.2) is 0 Å². The Morgan fingerprint density at radius 2 is 2.25 bits per heavy atom. The van der Waals surface area contributed by atoms with Crippen LogP contribution in [0, 0.1) is 0 Å². The SMILES string of the molecule is Cn1c(C2CC2)nc2c1CCN(Cc1nc(-c3cccs3)no1)C2. The standard InChI is InChI=1S/C17H19N5OS/c1-21-13-6-7-22(9-12(13)18-17(21)11-4-5-11)10-15-19-16(20-23-15)14-3-2-8-24-14/h2-3,8,11H,4-7,9-10H2,1H3. The first kappa shape index (κ1) is 14.4. The maximum absolute atomic E-state index is 5.43. The lowest BCUT2D eigenvalue weighted by molar-refractivity contribution is 0.206. The van der Waals surface area contributed by atoms with Crippen molar-refractivity contribution in [1.82, 2.24) is 24.6 Å². The fourth-order valence-corrected chi connectivity index (χ4v) is 4.11. The molecule has 124 valence electrons. The van der Waals surface area contributed by atoms with Gasteiger partial charge in [-0.1, -0.05) is 11.2 Å². The summed E-state index contributed by atoms with van der Waals surface area (Å²) in [4.78, 5) is 12.8. The van der Waals surface area contributed by atoms with Crippen molar-refractivity contribution < 1.29 is 4.52 Å². The maximum atomic E-state index is 5.43. The van der Waals surface area contributed by atoms with Crippen LogP contribution >= 0.6 is 11.3 Å². The van der Waals surface area contributed by atoms with Crippen LogP contribution in [-0.2, 0) is 26.6 Å². The van der Waals surface area contributed by atoms with Gasteiger partial charge in [-0.25, -0.2) is 4.98 Å². The van der Waals surface area contributed by atoms with Crippen molar-refractivity contribution in [3.63, 3.8) is 0 Å². The molecule has 1 aliphatic carbocycles. The quantitative estimate of drug-likeness (QED) is 0.730. The van der Waals surface area contributed by atoms with Gasteiger partial charge < -0.3 is 9.09 Å². The van der Waals surface area contributed by atoms with Gasteiger partial charge in [0.1, 0.15) is 5.82 Å². The van der Waals surface area contributed by atoms with Gasteiger partial charge in [-0.3, -0.25) is 4.90 Å². The molecular weight excluding hydrogens is 322 g/mol. The highest BCUT2D eigenvalue weighted by Crippen LogP contribution is 2.40. The summed E-state index contributed by atoms with van der Waals surface area (Å²) in [6.07, 6.45) is 3.62. The largest absolute Gasteiger partial charge is 0.338 e. The zero-order chi connectivity index (χ0) is 16.1. The van der Waals surface area contributed by atoms with E-state index in [0.29, 0.717) is 24.2 Å². The summed E-state index contributed by atoms with van der Waals surface area (Å²) < 4.78 is 7.76. The summed E-state index contributed by atoms with van der Waals surface area (Å²) in [7, 11) is 2.17. The molecule has 1 saturated carbocycles. The number of nitrogens with zero attached hydrogens (tertiary/aromatic N) is 5. The summed E-state index contributed by atoms with van der Waals surface area (Å²) in [5.41, 5.74) is 2.63. The van der Waals surface area contributed by atoms with Crippen LogP contribution in [0.25, 0.3) is 10.7 Å². The van der Waals surface area contributed by atoms with Crippen LogP contribution in [-0.4, -0.2) is 31.1 Å². The molecule has 0 unspecified atom stereocenters. The van der Waals surface area contributed by atoms with E-state index < -0.39 is 0 Å². The van der Waals surface area contributed by atoms with Gasteiger partial charge in [-0.15, -0.1) is 11.3 Å². The zero-order valence-corrected chi connectivity index (χ0v) is 14.4. The Kier molecular flexibility index (Phi) is 3.31. The average Bonchev–Trinajstić information content (AvgIpc) is 3.00. The van der Waals surface area contributed by atoms with Crippen LogP contribution in [0.2, 0.25) is 0 Å². The molecule has 0 bridgehead atoms. The van der Waals surface area contributed by atoms with Crippen LogP contribution in [0.5, 0.6) is 0 Å². The number of hydrogen-bond acceptors (Lipinski definition) is 6. The van der Waals surface area contributed by atoms with E-state index in [1.807, 2.05) is 17.5 Å². The third-order valence-corrected chi connectivity index (χ3v) is 5.75. The van der Waals surface area contributed by atoms with Crippen molar-refractivity contribution in [2.24, 2.45) is 7.05 Å². The van der Waals surface area contributed by atoms with Crippen molar-refractivity contribution in [2.75, 3.05) is 6.54 Å². The average molecular weight is 341 g/mol. The molecule has 3 aromatic heterocycles. The number of fused-ring (bicyclic) bond motifs is 1. The van der Waals surface area contributed by atoms with E-state index in [1.54, 1.807) is 11.3 Å². The molecule has 24 heavy (non-hydrogen) atoms. The van der Waals surface area contributed by atoms with E-state index in [1.165, 1.54) is 30.1 Å². The molecule has 1 aliphatic heterocycles. The maximum Gasteiger partial charge on any atom is 0.241 e. The molecule has 5 rings (SSSR count). The molecular formula is C17H19N5OS. The fourth-order valence-electron chi connectivity index (χ4n) is 3.46. The van der Waals surface area contributed by atoms with Crippen LogP contribution < -0.4 is 0 Å². The Morgan fingerprint density at radius 1 is 1.33 bits per heavy atom. The summed E-state index contributed by atoms with van der Waals surface area (Å²) in [5.74, 6) is 3.34. The van der Waals surface area contributed by atoms with Gasteiger partial charge in [-0.2, -0.15) is 4.98 Å². The smallest absolute Gasteiger partial charge is 0.241 e. The predicted octanol–water partition coefficient (Wildman–Crippen LogP) is 2.97. The molecule has 2 aliphatic rings. The van der Waals surface area contributed by atoms with Crippen molar-refractivity contribution in [1.29, 1.82) is 0 Å². The summed E-state index contributed by atoms with van der Waals surface area (Å²) in [6.45, 7) is 2.56. The number of imidazole rings is 1. The molecule has 0 aromatic carbocycles. The van der Waals surface area contributed by atoms with Gasteiger partial charge in [0.05, 0.1) is 17.1 Å². The monoisotopic (exact) mass is 341 g/mol. The first-order valence-electron chi connectivity index (χ1n) is 8.41. The van der Waals surface area contributed by atoms with Crippen LogP contribution in [0.15, 0.2) is 22.0 Å². The Morgan fingerprint density at radius 3 is 3.04 bits per heavy atom. The Labute approximate surface area is 144 Å². The Balaban J connectivity index is 1.32. The highest BCUT2D eigenvalue weighted by atomic mass is 32.1.